The number of nitrogens with one attached hydrogen (secondary N) is 2. The van der Waals surface area contributed by atoms with Gasteiger partial charge in [0.15, 0.2) is 0 Å². The maximum Gasteiger partial charge on any atom is 0.303 e. The van der Waals surface area contributed by atoms with Crippen LogP contribution >= 0.6 is 0 Å². The Morgan fingerprint density at radius 2 is 1.58 bits per heavy atom. The van der Waals surface area contributed by atoms with E-state index in [4.69, 9.17) is 4.74 Å². The first-order valence-corrected chi connectivity index (χ1v) is 13.3. The van der Waals surface area contributed by atoms with E-state index >= 15 is 0 Å². The summed E-state index contributed by atoms with van der Waals surface area (Å²) in [7, 11) is 0.326. The van der Waals surface area contributed by atoms with Crippen molar-refractivity contribution >= 4 is 33.4 Å². The van der Waals surface area contributed by atoms with Gasteiger partial charge in [-0.15, -0.1) is 0 Å². The van der Waals surface area contributed by atoms with Crippen molar-refractivity contribution in [1.29, 1.82) is 0 Å². The van der Waals surface area contributed by atoms with E-state index in [2.05, 4.69) is 10.6 Å². The predicted octanol–water partition coefficient (Wildman–Crippen LogP) is 3.66. The molecule has 0 aliphatic heterocycles. The van der Waals surface area contributed by atoms with E-state index in [1.807, 2.05) is 0 Å². The van der Waals surface area contributed by atoms with Crippen LogP contribution in [-0.2, 0) is 21.5 Å². The van der Waals surface area contributed by atoms with Gasteiger partial charge in [0.25, 0.3) is 11.8 Å². The van der Waals surface area contributed by atoms with Gasteiger partial charge in [-0.1, -0.05) is 36.4 Å². The van der Waals surface area contributed by atoms with Crippen LogP contribution in [0.25, 0.3) is 0 Å². The Balaban J connectivity index is 1.76. The van der Waals surface area contributed by atoms with Gasteiger partial charge in [-0.3, -0.25) is 13.9 Å². The van der Waals surface area contributed by atoms with Crippen LogP contribution in [0.2, 0.25) is 0 Å². The highest BCUT2D eigenvalue weighted by Gasteiger charge is 2.27. The van der Waals surface area contributed by atoms with Crippen molar-refractivity contribution in [3.05, 3.63) is 95.3 Å². The number of benzene rings is 3. The van der Waals surface area contributed by atoms with Crippen LogP contribution in [0.4, 0.5) is 15.8 Å². The van der Waals surface area contributed by atoms with E-state index in [1.54, 1.807) is 61.7 Å². The summed E-state index contributed by atoms with van der Waals surface area (Å²) in [4.78, 5) is 25.5. The van der Waals surface area contributed by atoms with Gasteiger partial charge in [0, 0.05) is 39.9 Å². The van der Waals surface area contributed by atoms with Crippen LogP contribution < -0.4 is 14.9 Å². The second-order valence-corrected chi connectivity index (χ2v) is 10.6. The molecule has 0 heterocycles. The van der Waals surface area contributed by atoms with Gasteiger partial charge in [-0.2, -0.15) is 12.7 Å². The molecule has 9 nitrogen and oxygen atoms in total. The summed E-state index contributed by atoms with van der Waals surface area (Å²) in [6.45, 7) is 0.813. The standard InChI is InChI=1S/C27H31FN4O5S/c1-31(2)38(35,36)32(25-12-7-5-10-23(25)28)19-20-13-15-21(16-14-20)26(33)30-24-11-6-4-9-22(24)27(34)29-17-8-18-37-3/h4-7,9-16H,8,17-19H2,1-3H3,(H,29,34)(H,30,33). The summed E-state index contributed by atoms with van der Waals surface area (Å²) >= 11 is 0. The Bertz CT molecular complexity index is 1360. The smallest absolute Gasteiger partial charge is 0.303 e. The molecule has 0 unspecified atom stereocenters. The summed E-state index contributed by atoms with van der Waals surface area (Å²) in [6, 6.07) is 18.6. The molecule has 0 aliphatic rings. The fourth-order valence-electron chi connectivity index (χ4n) is 3.57. The molecule has 2 amide bonds. The van der Waals surface area contributed by atoms with Crippen molar-refractivity contribution < 1.29 is 27.1 Å². The SMILES string of the molecule is COCCCNC(=O)c1ccccc1NC(=O)c1ccc(CN(c2ccccc2F)S(=O)(=O)N(C)C)cc1. The Hall–Kier alpha value is -3.80. The minimum atomic E-state index is -4.00. The first-order valence-electron chi connectivity index (χ1n) is 11.9. The lowest BCUT2D eigenvalue weighted by Gasteiger charge is -2.27. The third kappa shape index (κ3) is 7.15. The largest absolute Gasteiger partial charge is 0.385 e. The van der Waals surface area contributed by atoms with Crippen molar-refractivity contribution in [2.45, 2.75) is 13.0 Å². The van der Waals surface area contributed by atoms with E-state index in [0.29, 0.717) is 42.0 Å². The molecule has 0 saturated carbocycles. The Morgan fingerprint density at radius 3 is 2.24 bits per heavy atom. The number of amides is 2. The summed E-state index contributed by atoms with van der Waals surface area (Å²) in [5.74, 6) is -1.43. The predicted molar refractivity (Wildman–Crippen MR) is 145 cm³/mol. The van der Waals surface area contributed by atoms with E-state index in [1.165, 1.54) is 32.3 Å². The number of anilines is 2. The number of hydrogen-bond acceptors (Lipinski definition) is 5. The number of carbonyl (C=O) groups excluding carboxylic acids is 2. The Kier molecular flexibility index (Phi) is 9.94. The molecule has 3 rings (SSSR count). The number of para-hydroxylation sites is 2. The van der Waals surface area contributed by atoms with Gasteiger partial charge >= 0.3 is 10.2 Å². The van der Waals surface area contributed by atoms with E-state index in [-0.39, 0.29) is 18.1 Å². The van der Waals surface area contributed by atoms with Gasteiger partial charge in [0.1, 0.15) is 5.82 Å². The minimum Gasteiger partial charge on any atom is -0.385 e. The Labute approximate surface area is 222 Å². The van der Waals surface area contributed by atoms with Gasteiger partial charge in [0.05, 0.1) is 23.5 Å². The molecule has 0 saturated heterocycles. The van der Waals surface area contributed by atoms with E-state index in [9.17, 15) is 22.4 Å². The fourth-order valence-corrected chi connectivity index (χ4v) is 4.67. The lowest BCUT2D eigenvalue weighted by molar-refractivity contribution is 0.0949. The second-order valence-electron chi connectivity index (χ2n) is 8.55. The molecule has 38 heavy (non-hydrogen) atoms. The number of halogens is 1. The minimum absolute atomic E-state index is 0.0832. The molecule has 3 aromatic carbocycles. The zero-order valence-electron chi connectivity index (χ0n) is 21.5. The third-order valence-corrected chi connectivity index (χ3v) is 7.44. The lowest BCUT2D eigenvalue weighted by Crippen LogP contribution is -2.40. The zero-order chi connectivity index (χ0) is 27.7. The second kappa shape index (κ2) is 13.1. The third-order valence-electron chi connectivity index (χ3n) is 5.63. The topological polar surface area (TPSA) is 108 Å². The molecule has 202 valence electrons. The van der Waals surface area contributed by atoms with Gasteiger partial charge in [-0.25, -0.2) is 4.39 Å². The average Bonchev–Trinajstić information content (AvgIpc) is 2.90. The normalized spacial score (nSPS) is 11.3. The summed E-state index contributed by atoms with van der Waals surface area (Å²) in [5, 5.41) is 5.55. The number of ether oxygens (including phenoxy) is 1. The van der Waals surface area contributed by atoms with Crippen molar-refractivity contribution in [2.75, 3.05) is 44.0 Å². The van der Waals surface area contributed by atoms with Crippen LogP contribution in [0.3, 0.4) is 0 Å². The molecule has 0 aromatic heterocycles. The maximum atomic E-state index is 14.5. The lowest BCUT2D eigenvalue weighted by atomic mass is 10.1. The molecule has 0 aliphatic carbocycles. The average molecular weight is 543 g/mol. The molecule has 0 bridgehead atoms. The van der Waals surface area contributed by atoms with Crippen LogP contribution in [0.1, 0.15) is 32.7 Å². The van der Waals surface area contributed by atoms with E-state index in [0.717, 1.165) is 8.61 Å². The molecular weight excluding hydrogens is 511 g/mol. The molecule has 0 radical (unpaired) electrons. The molecule has 0 spiro atoms. The molecular formula is C27H31FN4O5S. The maximum absolute atomic E-state index is 14.5. The van der Waals surface area contributed by atoms with Crippen molar-refractivity contribution in [2.24, 2.45) is 0 Å². The number of nitrogens with zero attached hydrogens (tertiary/aromatic N) is 2. The van der Waals surface area contributed by atoms with Crippen LogP contribution in [-0.4, -0.2) is 58.9 Å². The van der Waals surface area contributed by atoms with Gasteiger partial charge < -0.3 is 15.4 Å². The zero-order valence-corrected chi connectivity index (χ0v) is 22.3. The highest BCUT2D eigenvalue weighted by atomic mass is 32.2. The van der Waals surface area contributed by atoms with E-state index < -0.39 is 21.9 Å². The van der Waals surface area contributed by atoms with Crippen molar-refractivity contribution in [3.8, 4) is 0 Å². The van der Waals surface area contributed by atoms with Crippen LogP contribution in [0.15, 0.2) is 72.8 Å². The van der Waals surface area contributed by atoms with Gasteiger partial charge in [0.2, 0.25) is 0 Å². The highest BCUT2D eigenvalue weighted by Crippen LogP contribution is 2.25. The van der Waals surface area contributed by atoms with Crippen molar-refractivity contribution in [1.82, 2.24) is 9.62 Å². The van der Waals surface area contributed by atoms with Crippen LogP contribution in [0, 0.1) is 5.82 Å². The molecule has 3 aromatic rings. The Morgan fingerprint density at radius 1 is 0.921 bits per heavy atom. The highest BCUT2D eigenvalue weighted by molar-refractivity contribution is 7.90. The summed E-state index contributed by atoms with van der Waals surface area (Å²) < 4.78 is 47.3. The quantitative estimate of drug-likeness (QED) is 0.340. The number of carbonyl (C=O) groups is 2. The monoisotopic (exact) mass is 542 g/mol. The fraction of sp³-hybridized carbons (Fsp3) is 0.259. The number of hydrogen-bond donors (Lipinski definition) is 2. The number of methoxy groups -OCH3 is 1. The summed E-state index contributed by atoms with van der Waals surface area (Å²) in [6.07, 6.45) is 0.660. The van der Waals surface area contributed by atoms with Gasteiger partial charge in [-0.05, 0) is 48.4 Å². The number of rotatable bonds is 12. The summed E-state index contributed by atoms with van der Waals surface area (Å²) in [5.41, 5.74) is 1.45. The molecule has 0 atom stereocenters. The van der Waals surface area contributed by atoms with Crippen molar-refractivity contribution in [3.63, 3.8) is 0 Å². The molecule has 2 N–H and O–H groups in total. The molecule has 11 heteroatoms. The van der Waals surface area contributed by atoms with Crippen LogP contribution in [0.5, 0.6) is 0 Å². The molecule has 0 fully saturated rings. The first-order chi connectivity index (χ1) is 18.1. The first kappa shape index (κ1) is 28.8.